The van der Waals surface area contributed by atoms with Crippen LogP contribution >= 0.6 is 11.6 Å². The van der Waals surface area contributed by atoms with Crippen molar-refractivity contribution in [3.05, 3.63) is 34.9 Å². The highest BCUT2D eigenvalue weighted by atomic mass is 35.5. The molecule has 0 bridgehead atoms. The van der Waals surface area contributed by atoms with Crippen molar-refractivity contribution in [1.82, 2.24) is 0 Å². The third-order valence-corrected chi connectivity index (χ3v) is 4.16. The molecule has 94 valence electrons. The molecule has 4 heteroatoms. The summed E-state index contributed by atoms with van der Waals surface area (Å²) in [6.07, 6.45) is 5.35. The van der Waals surface area contributed by atoms with Gasteiger partial charge in [0, 0.05) is 17.2 Å². The molecule has 3 atom stereocenters. The predicted molar refractivity (Wildman–Crippen MR) is 75.4 cm³/mol. The molecule has 3 unspecified atom stereocenters. The summed E-state index contributed by atoms with van der Waals surface area (Å²) in [6, 6.07) is 8.47. The standard InChI is InChI=1S/C14H16ClN3/c15-12-5-3-9(4-6-12)10-1-2-11-8-17-14(16)18-13(11)7-10/h3-6,8,10-11,13H,1-2,7H2,(H2,16,18). The molecule has 2 aliphatic rings. The number of aliphatic imine (C=N–C) groups is 2. The number of hydrogen-bond donors (Lipinski definition) is 1. The van der Waals surface area contributed by atoms with Crippen LogP contribution in [0.3, 0.4) is 0 Å². The van der Waals surface area contributed by atoms with Crippen LogP contribution in [0.5, 0.6) is 0 Å². The Labute approximate surface area is 112 Å². The zero-order valence-electron chi connectivity index (χ0n) is 10.1. The van der Waals surface area contributed by atoms with Gasteiger partial charge in [-0.3, -0.25) is 0 Å². The zero-order chi connectivity index (χ0) is 12.5. The van der Waals surface area contributed by atoms with E-state index in [1.807, 2.05) is 18.3 Å². The lowest BCUT2D eigenvalue weighted by atomic mass is 9.76. The highest BCUT2D eigenvalue weighted by molar-refractivity contribution is 6.30. The summed E-state index contributed by atoms with van der Waals surface area (Å²) in [5.74, 6) is 1.46. The third-order valence-electron chi connectivity index (χ3n) is 3.91. The van der Waals surface area contributed by atoms with Gasteiger partial charge in [0.1, 0.15) is 0 Å². The van der Waals surface area contributed by atoms with Crippen LogP contribution in [0.25, 0.3) is 0 Å². The molecule has 1 heterocycles. The quantitative estimate of drug-likeness (QED) is 0.830. The fourth-order valence-corrected chi connectivity index (χ4v) is 3.03. The Morgan fingerprint density at radius 2 is 1.94 bits per heavy atom. The molecular formula is C14H16ClN3. The van der Waals surface area contributed by atoms with Crippen LogP contribution in [-0.2, 0) is 0 Å². The first-order chi connectivity index (χ1) is 8.72. The molecule has 2 N–H and O–H groups in total. The van der Waals surface area contributed by atoms with E-state index in [9.17, 15) is 0 Å². The summed E-state index contributed by atoms with van der Waals surface area (Å²) < 4.78 is 0. The maximum absolute atomic E-state index is 5.92. The van der Waals surface area contributed by atoms with E-state index in [0.29, 0.717) is 23.8 Å². The number of halogens is 1. The van der Waals surface area contributed by atoms with E-state index < -0.39 is 0 Å². The highest BCUT2D eigenvalue weighted by Crippen LogP contribution is 2.38. The number of guanidine groups is 1. The van der Waals surface area contributed by atoms with Crippen molar-refractivity contribution in [3.8, 4) is 0 Å². The van der Waals surface area contributed by atoms with E-state index in [0.717, 1.165) is 17.9 Å². The number of benzene rings is 1. The average Bonchev–Trinajstić information content (AvgIpc) is 2.38. The SMILES string of the molecule is NC1=NC2CC(c3ccc(Cl)cc3)CCC2C=N1. The predicted octanol–water partition coefficient (Wildman–Crippen LogP) is 2.99. The molecule has 1 aliphatic carbocycles. The van der Waals surface area contributed by atoms with Crippen LogP contribution in [0.15, 0.2) is 34.3 Å². The van der Waals surface area contributed by atoms with Crippen LogP contribution in [0.1, 0.15) is 30.7 Å². The topological polar surface area (TPSA) is 50.7 Å². The lowest BCUT2D eigenvalue weighted by Crippen LogP contribution is -2.33. The minimum absolute atomic E-state index is 0.303. The van der Waals surface area contributed by atoms with Crippen molar-refractivity contribution in [3.63, 3.8) is 0 Å². The van der Waals surface area contributed by atoms with Crippen molar-refractivity contribution in [1.29, 1.82) is 0 Å². The minimum atomic E-state index is 0.303. The van der Waals surface area contributed by atoms with Crippen molar-refractivity contribution in [2.24, 2.45) is 21.6 Å². The molecule has 1 aliphatic heterocycles. The Bertz CT molecular complexity index is 492. The second-order valence-electron chi connectivity index (χ2n) is 5.06. The van der Waals surface area contributed by atoms with E-state index in [2.05, 4.69) is 22.1 Å². The number of nitrogens with zero attached hydrogens (tertiary/aromatic N) is 2. The van der Waals surface area contributed by atoms with Gasteiger partial charge < -0.3 is 5.73 Å². The van der Waals surface area contributed by atoms with E-state index in [4.69, 9.17) is 17.3 Å². The van der Waals surface area contributed by atoms with Gasteiger partial charge >= 0.3 is 0 Å². The zero-order valence-corrected chi connectivity index (χ0v) is 10.8. The normalized spacial score (nSPS) is 30.7. The summed E-state index contributed by atoms with van der Waals surface area (Å²) in [6.45, 7) is 0. The molecule has 0 amide bonds. The van der Waals surface area contributed by atoms with Crippen molar-refractivity contribution >= 4 is 23.8 Å². The second kappa shape index (κ2) is 4.73. The molecule has 1 aromatic rings. The molecule has 0 saturated heterocycles. The molecule has 1 fully saturated rings. The van der Waals surface area contributed by atoms with E-state index in [1.165, 1.54) is 12.0 Å². The molecule has 0 radical (unpaired) electrons. The van der Waals surface area contributed by atoms with Gasteiger partial charge in [-0.25, -0.2) is 9.98 Å². The highest BCUT2D eigenvalue weighted by Gasteiger charge is 2.31. The van der Waals surface area contributed by atoms with Gasteiger partial charge in [-0.05, 0) is 42.9 Å². The summed E-state index contributed by atoms with van der Waals surface area (Å²) in [5, 5.41) is 0.791. The molecule has 0 aromatic heterocycles. The second-order valence-corrected chi connectivity index (χ2v) is 5.49. The van der Waals surface area contributed by atoms with Crippen LogP contribution in [-0.4, -0.2) is 18.2 Å². The minimum Gasteiger partial charge on any atom is -0.368 e. The molecule has 3 nitrogen and oxygen atoms in total. The lowest BCUT2D eigenvalue weighted by molar-refractivity contribution is 0.345. The fourth-order valence-electron chi connectivity index (χ4n) is 2.91. The molecule has 3 rings (SSSR count). The van der Waals surface area contributed by atoms with Gasteiger partial charge in [0.15, 0.2) is 0 Å². The van der Waals surface area contributed by atoms with Gasteiger partial charge in [-0.1, -0.05) is 23.7 Å². The van der Waals surface area contributed by atoms with Gasteiger partial charge in [0.25, 0.3) is 0 Å². The van der Waals surface area contributed by atoms with Crippen LogP contribution in [0, 0.1) is 5.92 Å². The average molecular weight is 262 g/mol. The first-order valence-electron chi connectivity index (χ1n) is 6.35. The number of nitrogens with two attached hydrogens (primary N) is 1. The number of hydrogen-bond acceptors (Lipinski definition) is 3. The summed E-state index contributed by atoms with van der Waals surface area (Å²) in [5.41, 5.74) is 7.04. The van der Waals surface area contributed by atoms with Crippen LogP contribution < -0.4 is 5.73 Å². The first-order valence-corrected chi connectivity index (χ1v) is 6.73. The van der Waals surface area contributed by atoms with E-state index in [1.54, 1.807) is 0 Å². The largest absolute Gasteiger partial charge is 0.368 e. The fraction of sp³-hybridized carbons (Fsp3) is 0.429. The van der Waals surface area contributed by atoms with E-state index in [-0.39, 0.29) is 0 Å². The summed E-state index contributed by atoms with van der Waals surface area (Å²) in [7, 11) is 0. The molecule has 1 aromatic carbocycles. The van der Waals surface area contributed by atoms with Gasteiger partial charge in [0.05, 0.1) is 6.04 Å². The number of rotatable bonds is 1. The van der Waals surface area contributed by atoms with Gasteiger partial charge in [-0.2, -0.15) is 0 Å². The Morgan fingerprint density at radius 3 is 2.72 bits per heavy atom. The van der Waals surface area contributed by atoms with Gasteiger partial charge in [-0.15, -0.1) is 0 Å². The molecule has 1 saturated carbocycles. The summed E-state index contributed by atoms with van der Waals surface area (Å²) >= 11 is 5.92. The lowest BCUT2D eigenvalue weighted by Gasteiger charge is -2.33. The molecule has 0 spiro atoms. The number of fused-ring (bicyclic) bond motifs is 1. The molecule has 18 heavy (non-hydrogen) atoms. The smallest absolute Gasteiger partial charge is 0.215 e. The monoisotopic (exact) mass is 261 g/mol. The van der Waals surface area contributed by atoms with E-state index >= 15 is 0 Å². The van der Waals surface area contributed by atoms with Gasteiger partial charge in [0.2, 0.25) is 5.96 Å². The maximum Gasteiger partial charge on any atom is 0.215 e. The van der Waals surface area contributed by atoms with Crippen molar-refractivity contribution in [2.45, 2.75) is 31.2 Å². The Balaban J connectivity index is 1.77. The summed E-state index contributed by atoms with van der Waals surface area (Å²) in [4.78, 5) is 8.58. The first kappa shape index (κ1) is 11.7. The maximum atomic E-state index is 5.92. The van der Waals surface area contributed by atoms with Crippen molar-refractivity contribution < 1.29 is 0 Å². The van der Waals surface area contributed by atoms with Crippen molar-refractivity contribution in [2.75, 3.05) is 0 Å². The Morgan fingerprint density at radius 1 is 1.17 bits per heavy atom. The van der Waals surface area contributed by atoms with Crippen LogP contribution in [0.4, 0.5) is 0 Å². The third kappa shape index (κ3) is 2.27. The van der Waals surface area contributed by atoms with Crippen LogP contribution in [0.2, 0.25) is 5.02 Å². The molecular weight excluding hydrogens is 246 g/mol. The Hall–Kier alpha value is -1.35. The Kier molecular flexibility index (Phi) is 3.08.